The average molecular weight is 273 g/mol. The van der Waals surface area contributed by atoms with E-state index in [1.807, 2.05) is 19.9 Å². The van der Waals surface area contributed by atoms with Gasteiger partial charge in [-0.3, -0.25) is 9.59 Å². The van der Waals surface area contributed by atoms with Crippen molar-refractivity contribution in [3.8, 4) is 6.07 Å². The Kier molecular flexibility index (Phi) is 6.24. The highest BCUT2D eigenvalue weighted by Crippen LogP contribution is 2.13. The van der Waals surface area contributed by atoms with Gasteiger partial charge < -0.3 is 10.2 Å². The van der Waals surface area contributed by atoms with Gasteiger partial charge in [-0.05, 0) is 25.0 Å². The SMILES string of the molecule is CCCN(CCC)C(=O)C(=O)Nc1ccccc1C#N. The molecule has 5 nitrogen and oxygen atoms in total. The average Bonchev–Trinajstić information content (AvgIpc) is 2.46. The Morgan fingerprint density at radius 1 is 1.20 bits per heavy atom. The van der Waals surface area contributed by atoms with Crippen molar-refractivity contribution in [2.24, 2.45) is 0 Å². The number of anilines is 1. The summed E-state index contributed by atoms with van der Waals surface area (Å²) in [5.41, 5.74) is 0.701. The Balaban J connectivity index is 2.79. The lowest BCUT2D eigenvalue weighted by atomic mass is 10.2. The van der Waals surface area contributed by atoms with Gasteiger partial charge in [-0.1, -0.05) is 26.0 Å². The highest BCUT2D eigenvalue weighted by molar-refractivity contribution is 6.39. The summed E-state index contributed by atoms with van der Waals surface area (Å²) >= 11 is 0. The van der Waals surface area contributed by atoms with E-state index < -0.39 is 11.8 Å². The molecule has 0 heterocycles. The van der Waals surface area contributed by atoms with Gasteiger partial charge in [0.15, 0.2) is 0 Å². The fourth-order valence-electron chi connectivity index (χ4n) is 1.86. The van der Waals surface area contributed by atoms with Crippen molar-refractivity contribution in [3.05, 3.63) is 29.8 Å². The predicted molar refractivity (Wildman–Crippen MR) is 76.9 cm³/mol. The van der Waals surface area contributed by atoms with Crippen LogP contribution in [0.4, 0.5) is 5.69 Å². The first-order valence-electron chi connectivity index (χ1n) is 6.73. The number of rotatable bonds is 5. The van der Waals surface area contributed by atoms with Crippen LogP contribution >= 0.6 is 0 Å². The number of para-hydroxylation sites is 1. The van der Waals surface area contributed by atoms with Gasteiger partial charge in [0.1, 0.15) is 6.07 Å². The fourth-order valence-corrected chi connectivity index (χ4v) is 1.86. The third-order valence-electron chi connectivity index (χ3n) is 2.76. The first-order chi connectivity index (χ1) is 9.63. The van der Waals surface area contributed by atoms with Crippen LogP contribution in [0.5, 0.6) is 0 Å². The Morgan fingerprint density at radius 2 is 1.80 bits per heavy atom. The minimum Gasteiger partial charge on any atom is -0.334 e. The topological polar surface area (TPSA) is 73.2 Å². The van der Waals surface area contributed by atoms with Gasteiger partial charge in [0, 0.05) is 13.1 Å². The van der Waals surface area contributed by atoms with E-state index in [1.54, 1.807) is 24.3 Å². The summed E-state index contributed by atoms with van der Waals surface area (Å²) in [6, 6.07) is 8.59. The zero-order chi connectivity index (χ0) is 15.0. The lowest BCUT2D eigenvalue weighted by Gasteiger charge is -2.20. The molecule has 2 amide bonds. The molecule has 0 saturated carbocycles. The number of nitrogens with zero attached hydrogens (tertiary/aromatic N) is 2. The van der Waals surface area contributed by atoms with Crippen molar-refractivity contribution < 1.29 is 9.59 Å². The Labute approximate surface area is 119 Å². The second-order valence-corrected chi connectivity index (χ2v) is 4.40. The number of benzene rings is 1. The summed E-state index contributed by atoms with van der Waals surface area (Å²) in [5.74, 6) is -1.25. The maximum atomic E-state index is 12.1. The van der Waals surface area contributed by atoms with Crippen LogP contribution in [0.1, 0.15) is 32.3 Å². The molecule has 0 bridgehead atoms. The molecule has 1 aromatic rings. The van der Waals surface area contributed by atoms with E-state index in [1.165, 1.54) is 4.90 Å². The molecule has 0 radical (unpaired) electrons. The number of carbonyl (C=O) groups is 2. The molecule has 0 saturated heterocycles. The van der Waals surface area contributed by atoms with E-state index in [-0.39, 0.29) is 0 Å². The van der Waals surface area contributed by atoms with Crippen LogP contribution in [0, 0.1) is 11.3 Å². The van der Waals surface area contributed by atoms with Crippen molar-refractivity contribution in [1.29, 1.82) is 5.26 Å². The second-order valence-electron chi connectivity index (χ2n) is 4.40. The zero-order valence-electron chi connectivity index (χ0n) is 11.8. The van der Waals surface area contributed by atoms with Crippen molar-refractivity contribution in [2.45, 2.75) is 26.7 Å². The normalized spacial score (nSPS) is 9.65. The highest BCUT2D eigenvalue weighted by Gasteiger charge is 2.21. The van der Waals surface area contributed by atoms with Crippen molar-refractivity contribution >= 4 is 17.5 Å². The number of nitrogens with one attached hydrogen (secondary N) is 1. The van der Waals surface area contributed by atoms with Gasteiger partial charge in [-0.2, -0.15) is 5.26 Å². The van der Waals surface area contributed by atoms with Gasteiger partial charge in [-0.25, -0.2) is 0 Å². The standard InChI is InChI=1S/C15H19N3O2/c1-3-9-18(10-4-2)15(20)14(19)17-13-8-6-5-7-12(13)11-16/h5-8H,3-4,9-10H2,1-2H3,(H,17,19). The third kappa shape index (κ3) is 4.09. The number of nitriles is 1. The number of amides is 2. The predicted octanol–water partition coefficient (Wildman–Crippen LogP) is 2.15. The number of carbonyl (C=O) groups excluding carboxylic acids is 2. The molecule has 106 valence electrons. The van der Waals surface area contributed by atoms with Crippen LogP contribution in [0.15, 0.2) is 24.3 Å². The molecule has 0 aromatic heterocycles. The summed E-state index contributed by atoms with van der Waals surface area (Å²) in [5, 5.41) is 11.5. The maximum Gasteiger partial charge on any atom is 0.313 e. The molecule has 5 heteroatoms. The van der Waals surface area contributed by atoms with Crippen LogP contribution in [0.2, 0.25) is 0 Å². The smallest absolute Gasteiger partial charge is 0.313 e. The van der Waals surface area contributed by atoms with Crippen molar-refractivity contribution in [3.63, 3.8) is 0 Å². The second kappa shape index (κ2) is 7.95. The largest absolute Gasteiger partial charge is 0.334 e. The Bertz CT molecular complexity index is 514. The van der Waals surface area contributed by atoms with Crippen LogP contribution in [-0.2, 0) is 9.59 Å². The van der Waals surface area contributed by atoms with E-state index >= 15 is 0 Å². The third-order valence-corrected chi connectivity index (χ3v) is 2.76. The van der Waals surface area contributed by atoms with E-state index in [4.69, 9.17) is 5.26 Å². The van der Waals surface area contributed by atoms with Gasteiger partial charge in [0.05, 0.1) is 11.3 Å². The van der Waals surface area contributed by atoms with E-state index in [0.717, 1.165) is 12.8 Å². The Hall–Kier alpha value is -2.35. The van der Waals surface area contributed by atoms with E-state index in [9.17, 15) is 9.59 Å². The van der Waals surface area contributed by atoms with Gasteiger partial charge >= 0.3 is 11.8 Å². The van der Waals surface area contributed by atoms with E-state index in [2.05, 4.69) is 5.32 Å². The molecule has 0 atom stereocenters. The minimum atomic E-state index is -0.699. The van der Waals surface area contributed by atoms with Crippen molar-refractivity contribution in [2.75, 3.05) is 18.4 Å². The lowest BCUT2D eigenvalue weighted by Crippen LogP contribution is -2.40. The number of hydrogen-bond donors (Lipinski definition) is 1. The molecule has 0 unspecified atom stereocenters. The first kappa shape index (κ1) is 15.7. The Morgan fingerprint density at radius 3 is 2.35 bits per heavy atom. The molecule has 20 heavy (non-hydrogen) atoms. The molecular weight excluding hydrogens is 254 g/mol. The summed E-state index contributed by atoms with van der Waals surface area (Å²) in [6.07, 6.45) is 1.60. The molecule has 1 aromatic carbocycles. The van der Waals surface area contributed by atoms with E-state index in [0.29, 0.717) is 24.3 Å². The van der Waals surface area contributed by atoms with Crippen LogP contribution in [0.3, 0.4) is 0 Å². The lowest BCUT2D eigenvalue weighted by molar-refractivity contribution is -0.143. The molecule has 0 fully saturated rings. The van der Waals surface area contributed by atoms with Gasteiger partial charge in [0.25, 0.3) is 0 Å². The number of hydrogen-bond acceptors (Lipinski definition) is 3. The summed E-state index contributed by atoms with van der Waals surface area (Å²) in [7, 11) is 0. The maximum absolute atomic E-state index is 12.1. The summed E-state index contributed by atoms with van der Waals surface area (Å²) in [6.45, 7) is 5.03. The van der Waals surface area contributed by atoms with Crippen LogP contribution < -0.4 is 5.32 Å². The van der Waals surface area contributed by atoms with Crippen LogP contribution in [-0.4, -0.2) is 29.8 Å². The molecular formula is C15H19N3O2. The van der Waals surface area contributed by atoms with Crippen molar-refractivity contribution in [1.82, 2.24) is 4.90 Å². The molecule has 0 spiro atoms. The van der Waals surface area contributed by atoms with Gasteiger partial charge in [0.2, 0.25) is 0 Å². The molecule has 0 aliphatic rings. The van der Waals surface area contributed by atoms with Gasteiger partial charge in [-0.15, -0.1) is 0 Å². The first-order valence-corrected chi connectivity index (χ1v) is 6.73. The fraction of sp³-hybridized carbons (Fsp3) is 0.400. The highest BCUT2D eigenvalue weighted by atomic mass is 16.2. The molecule has 1 N–H and O–H groups in total. The monoisotopic (exact) mass is 273 g/mol. The minimum absolute atomic E-state index is 0.339. The molecule has 1 rings (SSSR count). The summed E-state index contributed by atoms with van der Waals surface area (Å²) < 4.78 is 0. The molecule has 0 aliphatic carbocycles. The summed E-state index contributed by atoms with van der Waals surface area (Å²) in [4.78, 5) is 25.6. The molecule has 0 aliphatic heterocycles. The quantitative estimate of drug-likeness (QED) is 0.835. The van der Waals surface area contributed by atoms with Crippen LogP contribution in [0.25, 0.3) is 0 Å². The zero-order valence-corrected chi connectivity index (χ0v) is 11.8.